The highest BCUT2D eigenvalue weighted by Crippen LogP contribution is 2.22. The van der Waals surface area contributed by atoms with Gasteiger partial charge in [-0.05, 0) is 25.1 Å². The van der Waals surface area contributed by atoms with Crippen LogP contribution in [0.1, 0.15) is 12.5 Å². The first kappa shape index (κ1) is 19.4. The number of anilines is 1. The Bertz CT molecular complexity index is 895. The maximum absolute atomic E-state index is 11.9. The zero-order valence-electron chi connectivity index (χ0n) is 13.3. The van der Waals surface area contributed by atoms with E-state index in [4.69, 9.17) is 23.2 Å². The molecule has 0 fully saturated rings. The first-order valence-corrected chi connectivity index (χ1v) is 7.88. The summed E-state index contributed by atoms with van der Waals surface area (Å²) in [4.78, 5) is 33.9. The number of hydrogen-bond donors (Lipinski definition) is 2. The number of nitrogens with one attached hydrogen (secondary N) is 2. The molecule has 2 aromatic rings. The summed E-state index contributed by atoms with van der Waals surface area (Å²) < 4.78 is 0. The SMILES string of the molecule is CC(=NNC(=O)C(=O)Nc1cc(Cl)cc(Cl)c1)c1cccc([N+](=O)[O-])c1. The zero-order chi connectivity index (χ0) is 19.3. The van der Waals surface area contributed by atoms with E-state index in [9.17, 15) is 19.7 Å². The summed E-state index contributed by atoms with van der Waals surface area (Å²) in [5.74, 6) is -2.00. The number of non-ortho nitro benzene ring substituents is 1. The van der Waals surface area contributed by atoms with Gasteiger partial charge in [0, 0.05) is 33.4 Å². The van der Waals surface area contributed by atoms with E-state index in [-0.39, 0.29) is 11.4 Å². The van der Waals surface area contributed by atoms with Gasteiger partial charge < -0.3 is 5.32 Å². The van der Waals surface area contributed by atoms with Gasteiger partial charge >= 0.3 is 11.8 Å². The average Bonchev–Trinajstić information content (AvgIpc) is 2.58. The molecule has 0 spiro atoms. The third-order valence-electron chi connectivity index (χ3n) is 3.13. The van der Waals surface area contributed by atoms with Crippen molar-refractivity contribution in [1.82, 2.24) is 5.43 Å². The fourth-order valence-corrected chi connectivity index (χ4v) is 2.43. The third-order valence-corrected chi connectivity index (χ3v) is 3.56. The Morgan fingerprint density at radius 3 is 2.35 bits per heavy atom. The number of carbonyl (C=O) groups is 2. The first-order chi connectivity index (χ1) is 12.3. The molecule has 8 nitrogen and oxygen atoms in total. The number of hydrazone groups is 1. The Hall–Kier alpha value is -2.97. The Labute approximate surface area is 157 Å². The molecular weight excluding hydrogens is 383 g/mol. The molecule has 0 heterocycles. The second kappa shape index (κ2) is 8.41. The molecule has 0 saturated heterocycles. The molecule has 2 N–H and O–H groups in total. The summed E-state index contributed by atoms with van der Waals surface area (Å²) >= 11 is 11.6. The van der Waals surface area contributed by atoms with Gasteiger partial charge in [0.05, 0.1) is 10.6 Å². The van der Waals surface area contributed by atoms with Gasteiger partial charge in [-0.2, -0.15) is 5.10 Å². The van der Waals surface area contributed by atoms with Gasteiger partial charge in [0.2, 0.25) is 0 Å². The molecule has 0 saturated carbocycles. The summed E-state index contributed by atoms with van der Waals surface area (Å²) in [7, 11) is 0. The minimum atomic E-state index is -1.02. The van der Waals surface area contributed by atoms with Crippen molar-refractivity contribution in [1.29, 1.82) is 0 Å². The van der Waals surface area contributed by atoms with Crippen molar-refractivity contribution in [3.8, 4) is 0 Å². The fourth-order valence-electron chi connectivity index (χ4n) is 1.91. The Morgan fingerprint density at radius 1 is 1.08 bits per heavy atom. The number of nitro groups is 1. The topological polar surface area (TPSA) is 114 Å². The Kier molecular flexibility index (Phi) is 6.26. The van der Waals surface area contributed by atoms with Gasteiger partial charge in [-0.3, -0.25) is 19.7 Å². The molecule has 2 aromatic carbocycles. The van der Waals surface area contributed by atoms with Crippen LogP contribution in [0, 0.1) is 10.1 Å². The van der Waals surface area contributed by atoms with E-state index in [0.29, 0.717) is 21.3 Å². The number of nitro benzene ring substituents is 1. The summed E-state index contributed by atoms with van der Waals surface area (Å²) in [5, 5.41) is 17.5. The van der Waals surface area contributed by atoms with Crippen LogP contribution in [-0.2, 0) is 9.59 Å². The molecule has 0 radical (unpaired) electrons. The molecule has 2 rings (SSSR count). The quantitative estimate of drug-likeness (QED) is 0.358. The lowest BCUT2D eigenvalue weighted by atomic mass is 10.1. The number of amides is 2. The predicted octanol–water partition coefficient (Wildman–Crippen LogP) is 3.38. The predicted molar refractivity (Wildman–Crippen MR) is 98.5 cm³/mol. The fraction of sp³-hybridized carbons (Fsp3) is 0.0625. The molecule has 0 aliphatic carbocycles. The van der Waals surface area contributed by atoms with Crippen molar-refractivity contribution < 1.29 is 14.5 Å². The van der Waals surface area contributed by atoms with E-state index in [1.165, 1.54) is 43.3 Å². The van der Waals surface area contributed by atoms with E-state index >= 15 is 0 Å². The number of carbonyl (C=O) groups excluding carboxylic acids is 2. The maximum atomic E-state index is 11.9. The van der Waals surface area contributed by atoms with Gasteiger partial charge in [-0.1, -0.05) is 35.3 Å². The second-order valence-electron chi connectivity index (χ2n) is 5.06. The van der Waals surface area contributed by atoms with Crippen LogP contribution in [0.3, 0.4) is 0 Å². The zero-order valence-corrected chi connectivity index (χ0v) is 14.8. The van der Waals surface area contributed by atoms with Crippen molar-refractivity contribution in [2.45, 2.75) is 6.92 Å². The largest absolute Gasteiger partial charge is 0.329 e. The number of rotatable bonds is 4. The minimum Gasteiger partial charge on any atom is -0.318 e. The van der Waals surface area contributed by atoms with Crippen molar-refractivity contribution >= 4 is 52.1 Å². The van der Waals surface area contributed by atoms with Crippen molar-refractivity contribution in [3.05, 3.63) is 68.2 Å². The van der Waals surface area contributed by atoms with Crippen LogP contribution >= 0.6 is 23.2 Å². The molecule has 10 heteroatoms. The highest BCUT2D eigenvalue weighted by Gasteiger charge is 2.14. The van der Waals surface area contributed by atoms with Crippen molar-refractivity contribution in [3.63, 3.8) is 0 Å². The van der Waals surface area contributed by atoms with Crippen LogP contribution in [0.2, 0.25) is 10.0 Å². The molecule has 26 heavy (non-hydrogen) atoms. The Balaban J connectivity index is 2.04. The maximum Gasteiger partial charge on any atom is 0.329 e. The van der Waals surface area contributed by atoms with Crippen LogP contribution in [0.4, 0.5) is 11.4 Å². The third kappa shape index (κ3) is 5.27. The number of hydrogen-bond acceptors (Lipinski definition) is 5. The van der Waals surface area contributed by atoms with Crippen LogP contribution in [0.15, 0.2) is 47.6 Å². The van der Waals surface area contributed by atoms with E-state index in [1.54, 1.807) is 6.07 Å². The average molecular weight is 395 g/mol. The summed E-state index contributed by atoms with van der Waals surface area (Å²) in [6.45, 7) is 1.54. The normalized spacial score (nSPS) is 11.0. The first-order valence-electron chi connectivity index (χ1n) is 7.13. The summed E-state index contributed by atoms with van der Waals surface area (Å²) in [6, 6.07) is 10.0. The number of nitrogens with zero attached hydrogens (tertiary/aromatic N) is 2. The Morgan fingerprint density at radius 2 is 1.73 bits per heavy atom. The van der Waals surface area contributed by atoms with Crippen molar-refractivity contribution in [2.75, 3.05) is 5.32 Å². The molecule has 0 bridgehead atoms. The standard InChI is InChI=1S/C16H12Cl2N4O4/c1-9(10-3-2-4-14(5-10)22(25)26)20-21-16(24)15(23)19-13-7-11(17)6-12(18)8-13/h2-8H,1H3,(H,19,23)(H,21,24). The van der Waals surface area contributed by atoms with Crippen molar-refractivity contribution in [2.24, 2.45) is 5.10 Å². The van der Waals surface area contributed by atoms with Gasteiger partial charge in [-0.15, -0.1) is 0 Å². The van der Waals surface area contributed by atoms with Gasteiger partial charge in [-0.25, -0.2) is 5.43 Å². The molecular formula is C16H12Cl2N4O4. The molecule has 0 aromatic heterocycles. The molecule has 2 amide bonds. The molecule has 0 aliphatic heterocycles. The summed E-state index contributed by atoms with van der Waals surface area (Å²) in [5.41, 5.74) is 2.94. The highest BCUT2D eigenvalue weighted by molar-refractivity contribution is 6.40. The lowest BCUT2D eigenvalue weighted by molar-refractivity contribution is -0.384. The molecule has 0 aliphatic rings. The van der Waals surface area contributed by atoms with Gasteiger partial charge in [0.25, 0.3) is 5.69 Å². The van der Waals surface area contributed by atoms with E-state index in [2.05, 4.69) is 15.8 Å². The van der Waals surface area contributed by atoms with Crippen LogP contribution < -0.4 is 10.7 Å². The van der Waals surface area contributed by atoms with Crippen LogP contribution in [0.5, 0.6) is 0 Å². The van der Waals surface area contributed by atoms with E-state index < -0.39 is 16.7 Å². The van der Waals surface area contributed by atoms with E-state index in [1.807, 2.05) is 0 Å². The smallest absolute Gasteiger partial charge is 0.318 e. The monoisotopic (exact) mass is 394 g/mol. The van der Waals surface area contributed by atoms with Crippen LogP contribution in [0.25, 0.3) is 0 Å². The number of halogens is 2. The molecule has 0 atom stereocenters. The highest BCUT2D eigenvalue weighted by atomic mass is 35.5. The molecule has 0 unspecified atom stereocenters. The second-order valence-corrected chi connectivity index (χ2v) is 5.93. The summed E-state index contributed by atoms with van der Waals surface area (Å²) in [6.07, 6.45) is 0. The lowest BCUT2D eigenvalue weighted by Crippen LogP contribution is -2.32. The molecule has 134 valence electrons. The minimum absolute atomic E-state index is 0.112. The number of benzene rings is 2. The van der Waals surface area contributed by atoms with Gasteiger partial charge in [0.1, 0.15) is 0 Å². The van der Waals surface area contributed by atoms with E-state index in [0.717, 1.165) is 0 Å². The lowest BCUT2D eigenvalue weighted by Gasteiger charge is -2.06. The van der Waals surface area contributed by atoms with Gasteiger partial charge in [0.15, 0.2) is 0 Å². The van der Waals surface area contributed by atoms with Crippen LogP contribution in [-0.4, -0.2) is 22.4 Å².